The molecule has 1 heteroatoms. The van der Waals surface area contributed by atoms with E-state index in [0.29, 0.717) is 0 Å². The molecule has 0 saturated heterocycles. The van der Waals surface area contributed by atoms with Gasteiger partial charge in [-0.1, -0.05) is 19.2 Å². The molecule has 0 bridgehead atoms. The highest BCUT2D eigenvalue weighted by molar-refractivity contribution is 5.12. The van der Waals surface area contributed by atoms with E-state index in [1.54, 1.807) is 6.08 Å². The highest BCUT2D eigenvalue weighted by Crippen LogP contribution is 1.95. The molecule has 0 aliphatic carbocycles. The molecule has 1 nitrogen and oxygen atoms in total. The van der Waals surface area contributed by atoms with Crippen LogP contribution in [-0.2, 0) is 0 Å². The van der Waals surface area contributed by atoms with Crippen LogP contribution in [0.25, 0.3) is 0 Å². The van der Waals surface area contributed by atoms with Crippen molar-refractivity contribution in [1.82, 2.24) is 5.32 Å². The molecule has 0 amide bonds. The Morgan fingerprint density at radius 2 is 2.27 bits per heavy atom. The summed E-state index contributed by atoms with van der Waals surface area (Å²) in [6, 6.07) is 0. The lowest BCUT2D eigenvalue weighted by atomic mass is 10.2. The van der Waals surface area contributed by atoms with Gasteiger partial charge in [0.1, 0.15) is 0 Å². The lowest BCUT2D eigenvalue weighted by Gasteiger charge is -1.99. The van der Waals surface area contributed by atoms with Crippen molar-refractivity contribution < 1.29 is 0 Å². The van der Waals surface area contributed by atoms with Gasteiger partial charge in [-0.2, -0.15) is 0 Å². The lowest BCUT2D eigenvalue weighted by molar-refractivity contribution is 0.748. The summed E-state index contributed by atoms with van der Waals surface area (Å²) in [6.45, 7) is 12.7. The van der Waals surface area contributed by atoms with Crippen LogP contribution < -0.4 is 5.32 Å². The van der Waals surface area contributed by atoms with Crippen molar-refractivity contribution in [1.29, 1.82) is 0 Å². The molecule has 0 heterocycles. The minimum atomic E-state index is 0.852. The number of hydrogen-bond acceptors (Lipinski definition) is 1. The summed E-state index contributed by atoms with van der Waals surface area (Å²) >= 11 is 0. The van der Waals surface area contributed by atoms with Gasteiger partial charge in [0.15, 0.2) is 0 Å². The molecule has 0 aromatic rings. The van der Waals surface area contributed by atoms with E-state index in [4.69, 9.17) is 0 Å². The number of allylic oxidation sites excluding steroid dienone is 1. The van der Waals surface area contributed by atoms with Crippen LogP contribution in [0.1, 0.15) is 6.42 Å². The molecule has 0 aromatic heterocycles. The van der Waals surface area contributed by atoms with Gasteiger partial charge in [-0.05, 0) is 24.6 Å². The van der Waals surface area contributed by atoms with Crippen molar-refractivity contribution in [2.24, 2.45) is 0 Å². The van der Waals surface area contributed by atoms with E-state index >= 15 is 0 Å². The molecule has 0 rings (SSSR count). The average Bonchev–Trinajstić information content (AvgIpc) is 1.99. The Kier molecular flexibility index (Phi) is 6.40. The first-order valence-corrected chi connectivity index (χ1v) is 3.66. The molecule has 0 fully saturated rings. The third-order valence-corrected chi connectivity index (χ3v) is 1.22. The summed E-state index contributed by atoms with van der Waals surface area (Å²) in [5.41, 5.74) is 3.74. The largest absolute Gasteiger partial charge is 0.313 e. The van der Waals surface area contributed by atoms with Crippen molar-refractivity contribution in [3.8, 4) is 0 Å². The Morgan fingerprint density at radius 1 is 1.55 bits per heavy atom. The molecular formula is C10H15N. The van der Waals surface area contributed by atoms with E-state index in [9.17, 15) is 0 Å². The minimum absolute atomic E-state index is 0.852. The molecular weight excluding hydrogens is 134 g/mol. The average molecular weight is 149 g/mol. The third-order valence-electron chi connectivity index (χ3n) is 1.22. The van der Waals surface area contributed by atoms with E-state index in [2.05, 4.69) is 30.8 Å². The molecule has 0 spiro atoms. The maximum absolute atomic E-state index is 3.82. The van der Waals surface area contributed by atoms with E-state index in [1.807, 2.05) is 6.08 Å². The fourth-order valence-electron chi connectivity index (χ4n) is 0.670. The van der Waals surface area contributed by atoms with Crippen LogP contribution in [0.15, 0.2) is 43.2 Å². The van der Waals surface area contributed by atoms with Crippen molar-refractivity contribution in [2.75, 3.05) is 13.1 Å². The van der Waals surface area contributed by atoms with E-state index in [0.717, 1.165) is 25.1 Å². The predicted molar refractivity (Wildman–Crippen MR) is 50.5 cm³/mol. The second-order valence-electron chi connectivity index (χ2n) is 2.25. The maximum atomic E-state index is 3.82. The second-order valence-corrected chi connectivity index (χ2v) is 2.25. The lowest BCUT2D eigenvalue weighted by Crippen LogP contribution is -2.14. The second kappa shape index (κ2) is 7.07. The van der Waals surface area contributed by atoms with Gasteiger partial charge in [0.2, 0.25) is 0 Å². The first-order valence-electron chi connectivity index (χ1n) is 3.66. The normalized spacial score (nSPS) is 8.36. The monoisotopic (exact) mass is 149 g/mol. The van der Waals surface area contributed by atoms with Crippen molar-refractivity contribution in [3.05, 3.63) is 43.2 Å². The zero-order valence-corrected chi connectivity index (χ0v) is 6.90. The first kappa shape index (κ1) is 9.96. The summed E-state index contributed by atoms with van der Waals surface area (Å²) in [5.74, 6) is 0. The van der Waals surface area contributed by atoms with Gasteiger partial charge in [-0.25, -0.2) is 0 Å². The van der Waals surface area contributed by atoms with Crippen LogP contribution in [0, 0.1) is 0 Å². The zero-order chi connectivity index (χ0) is 8.53. The molecule has 0 aliphatic heterocycles. The van der Waals surface area contributed by atoms with Crippen LogP contribution in [0.2, 0.25) is 0 Å². The van der Waals surface area contributed by atoms with Crippen molar-refractivity contribution in [2.45, 2.75) is 6.42 Å². The number of nitrogens with one attached hydrogen (secondary N) is 1. The van der Waals surface area contributed by atoms with Crippen LogP contribution in [-0.4, -0.2) is 13.1 Å². The van der Waals surface area contributed by atoms with Gasteiger partial charge in [-0.3, -0.25) is 0 Å². The van der Waals surface area contributed by atoms with Gasteiger partial charge in [0, 0.05) is 6.54 Å². The highest BCUT2D eigenvalue weighted by Gasteiger charge is 1.86. The maximum Gasteiger partial charge on any atom is 0.0132 e. The quantitative estimate of drug-likeness (QED) is 0.264. The molecule has 1 N–H and O–H groups in total. The topological polar surface area (TPSA) is 12.0 Å². The van der Waals surface area contributed by atoms with E-state index < -0.39 is 0 Å². The third kappa shape index (κ3) is 6.85. The number of rotatable bonds is 6. The zero-order valence-electron chi connectivity index (χ0n) is 6.90. The smallest absolute Gasteiger partial charge is 0.0132 e. The molecule has 0 unspecified atom stereocenters. The molecule has 0 atom stereocenters. The van der Waals surface area contributed by atoms with E-state index in [1.165, 1.54) is 0 Å². The SMILES string of the molecule is C=C=CC(=C)CCNCC=C. The Hall–Kier alpha value is -1.04. The predicted octanol–water partition coefficient (Wildman–Crippen LogP) is 2.05. The van der Waals surface area contributed by atoms with Gasteiger partial charge in [0.05, 0.1) is 0 Å². The number of hydrogen-bond donors (Lipinski definition) is 1. The van der Waals surface area contributed by atoms with Crippen LogP contribution in [0.5, 0.6) is 0 Å². The Labute approximate surface area is 68.8 Å². The summed E-state index contributed by atoms with van der Waals surface area (Å²) in [4.78, 5) is 0. The minimum Gasteiger partial charge on any atom is -0.313 e. The summed E-state index contributed by atoms with van der Waals surface area (Å²) in [7, 11) is 0. The van der Waals surface area contributed by atoms with Crippen LogP contribution >= 0.6 is 0 Å². The Bertz CT molecular complexity index is 173. The molecule has 0 aromatic carbocycles. The molecule has 0 saturated carbocycles. The first-order chi connectivity index (χ1) is 5.31. The van der Waals surface area contributed by atoms with Crippen molar-refractivity contribution >= 4 is 0 Å². The molecule has 11 heavy (non-hydrogen) atoms. The standard InChI is InChI=1S/C10H15N/c1-4-6-10(3)7-9-11-8-5-2/h5-6,11H,1-3,7-9H2. The Balaban J connectivity index is 3.31. The summed E-state index contributed by atoms with van der Waals surface area (Å²) in [6.07, 6.45) is 4.58. The van der Waals surface area contributed by atoms with Crippen LogP contribution in [0.3, 0.4) is 0 Å². The van der Waals surface area contributed by atoms with Crippen molar-refractivity contribution in [3.63, 3.8) is 0 Å². The summed E-state index contributed by atoms with van der Waals surface area (Å²) in [5, 5.41) is 3.18. The Morgan fingerprint density at radius 3 is 2.82 bits per heavy atom. The van der Waals surface area contributed by atoms with Gasteiger partial charge in [0.25, 0.3) is 0 Å². The molecule has 0 radical (unpaired) electrons. The van der Waals surface area contributed by atoms with Crippen LogP contribution in [0.4, 0.5) is 0 Å². The van der Waals surface area contributed by atoms with Gasteiger partial charge in [-0.15, -0.1) is 12.3 Å². The fraction of sp³-hybridized carbons (Fsp3) is 0.300. The molecule has 0 aliphatic rings. The summed E-state index contributed by atoms with van der Waals surface area (Å²) < 4.78 is 0. The van der Waals surface area contributed by atoms with Gasteiger partial charge >= 0.3 is 0 Å². The molecule has 60 valence electrons. The van der Waals surface area contributed by atoms with Gasteiger partial charge < -0.3 is 5.32 Å². The van der Waals surface area contributed by atoms with E-state index in [-0.39, 0.29) is 0 Å². The highest BCUT2D eigenvalue weighted by atomic mass is 14.8. The fourth-order valence-corrected chi connectivity index (χ4v) is 0.670.